The molecule has 1 unspecified atom stereocenters. The predicted molar refractivity (Wildman–Crippen MR) is 81.5 cm³/mol. The van der Waals surface area contributed by atoms with E-state index in [1.54, 1.807) is 24.8 Å². The van der Waals surface area contributed by atoms with E-state index in [0.717, 1.165) is 11.3 Å². The van der Waals surface area contributed by atoms with Crippen molar-refractivity contribution >= 4 is 27.5 Å². The Bertz CT molecular complexity index is 626. The van der Waals surface area contributed by atoms with E-state index in [0.29, 0.717) is 24.6 Å². The highest BCUT2D eigenvalue weighted by Gasteiger charge is 2.31. The smallest absolute Gasteiger partial charge is 0.300 e. The van der Waals surface area contributed by atoms with E-state index < -0.39 is 21.1 Å². The zero-order chi connectivity index (χ0) is 15.6. The summed E-state index contributed by atoms with van der Waals surface area (Å²) in [7, 11) is -3.15. The van der Waals surface area contributed by atoms with E-state index in [9.17, 15) is 13.2 Å². The Balaban J connectivity index is 2.20. The van der Waals surface area contributed by atoms with Crippen molar-refractivity contribution in [2.45, 2.75) is 18.8 Å². The fourth-order valence-corrected chi connectivity index (χ4v) is 5.21. The van der Waals surface area contributed by atoms with Crippen molar-refractivity contribution in [1.29, 1.82) is 0 Å². The van der Waals surface area contributed by atoms with Gasteiger partial charge in [-0.15, -0.1) is 0 Å². The van der Waals surface area contributed by atoms with Gasteiger partial charge in [0.1, 0.15) is 11.1 Å². The van der Waals surface area contributed by atoms with Crippen molar-refractivity contribution in [3.63, 3.8) is 0 Å². The molecule has 2 rings (SSSR count). The number of hydrazine groups is 1. The fraction of sp³-hybridized carbons (Fsp3) is 0.583. The molecule has 1 aliphatic heterocycles. The molecule has 1 aliphatic rings. The number of nitrogens with two attached hydrogens (primary N) is 1. The van der Waals surface area contributed by atoms with Crippen molar-refractivity contribution in [1.82, 2.24) is 10.3 Å². The number of hydrogen-bond acceptors (Lipinski definition) is 7. The van der Waals surface area contributed by atoms with Gasteiger partial charge in [-0.3, -0.25) is 15.1 Å². The monoisotopic (exact) mass is 333 g/mol. The van der Waals surface area contributed by atoms with Gasteiger partial charge in [0.2, 0.25) is 0 Å². The summed E-state index contributed by atoms with van der Waals surface area (Å²) < 4.78 is 29.1. The van der Waals surface area contributed by atoms with E-state index in [4.69, 9.17) is 10.3 Å². The lowest BCUT2D eigenvalue weighted by atomic mass is 10.2. The molecule has 9 heteroatoms. The number of amides is 1. The van der Waals surface area contributed by atoms with Crippen molar-refractivity contribution in [2.75, 3.05) is 24.3 Å². The molecule has 21 heavy (non-hydrogen) atoms. The Morgan fingerprint density at radius 3 is 2.95 bits per heavy atom. The van der Waals surface area contributed by atoms with E-state index in [1.165, 1.54) is 6.26 Å². The molecule has 0 aromatic carbocycles. The lowest BCUT2D eigenvalue weighted by Crippen LogP contribution is -2.46. The van der Waals surface area contributed by atoms with Crippen LogP contribution in [0, 0.1) is 6.92 Å². The summed E-state index contributed by atoms with van der Waals surface area (Å²) in [5, 5.41) is -0.502. The number of furan rings is 1. The Hall–Kier alpha value is -1.03. The van der Waals surface area contributed by atoms with Crippen LogP contribution >= 0.6 is 11.8 Å². The van der Waals surface area contributed by atoms with Crippen molar-refractivity contribution < 1.29 is 17.6 Å². The Kier molecular flexibility index (Phi) is 4.97. The van der Waals surface area contributed by atoms with Crippen LogP contribution in [0.25, 0.3) is 0 Å². The number of aryl methyl sites for hydroxylation is 1. The first-order valence-corrected chi connectivity index (χ1v) is 9.54. The number of thioether (sulfide) groups is 1. The molecule has 0 spiro atoms. The minimum absolute atomic E-state index is 0.132. The van der Waals surface area contributed by atoms with Gasteiger partial charge in [-0.25, -0.2) is 14.3 Å². The summed E-state index contributed by atoms with van der Waals surface area (Å²) in [4.78, 5) is 13.4. The highest BCUT2D eigenvalue weighted by atomic mass is 32.2. The van der Waals surface area contributed by atoms with E-state index in [1.807, 2.05) is 10.3 Å². The van der Waals surface area contributed by atoms with Gasteiger partial charge in [0.05, 0.1) is 0 Å². The molecule has 2 heterocycles. The molecule has 0 saturated carbocycles. The molecule has 118 valence electrons. The number of carbonyl (C=O) groups excluding carboxylic acids is 1. The molecule has 1 aromatic heterocycles. The first kappa shape index (κ1) is 16.3. The first-order chi connectivity index (χ1) is 9.82. The number of rotatable bonds is 4. The highest BCUT2D eigenvalue weighted by molar-refractivity contribution is 8.00. The molecule has 1 saturated heterocycles. The van der Waals surface area contributed by atoms with Crippen LogP contribution in [0.5, 0.6) is 0 Å². The number of nitrogens with one attached hydrogen (secondary N) is 1. The topological polar surface area (TPSA) is 106 Å². The molecule has 1 fully saturated rings. The second kappa shape index (κ2) is 6.39. The number of sulfone groups is 1. The summed E-state index contributed by atoms with van der Waals surface area (Å²) in [6.07, 6.45) is 1.26. The minimum Gasteiger partial charge on any atom is -0.456 e. The molecule has 0 radical (unpaired) electrons. The fourth-order valence-electron chi connectivity index (χ4n) is 2.27. The van der Waals surface area contributed by atoms with Crippen molar-refractivity contribution in [3.8, 4) is 0 Å². The molecular weight excluding hydrogens is 314 g/mol. The van der Waals surface area contributed by atoms with Gasteiger partial charge in [-0.05, 0) is 13.0 Å². The standard InChI is InChI=1S/C12H19N3O4S2/c1-8-9(5-10(19-8)12(16)14-13)6-15-3-4-20-7-11(15)21(2,17)18/h5,11H,3-4,6-7,13H2,1-2H3,(H,14,16). The molecule has 0 bridgehead atoms. The van der Waals surface area contributed by atoms with Gasteiger partial charge in [0, 0.05) is 36.4 Å². The van der Waals surface area contributed by atoms with Crippen molar-refractivity contribution in [2.24, 2.45) is 5.84 Å². The Morgan fingerprint density at radius 1 is 1.62 bits per heavy atom. The number of hydrogen-bond donors (Lipinski definition) is 2. The number of carbonyl (C=O) groups is 1. The van der Waals surface area contributed by atoms with Crippen LogP contribution in [-0.4, -0.2) is 48.9 Å². The summed E-state index contributed by atoms with van der Waals surface area (Å²) >= 11 is 1.64. The van der Waals surface area contributed by atoms with Crippen LogP contribution in [0.15, 0.2) is 10.5 Å². The number of nitrogens with zero attached hydrogens (tertiary/aromatic N) is 1. The Morgan fingerprint density at radius 2 is 2.33 bits per heavy atom. The second-order valence-electron chi connectivity index (χ2n) is 5.00. The maximum atomic E-state index is 11.9. The van der Waals surface area contributed by atoms with Crippen LogP contribution in [0.4, 0.5) is 0 Å². The van der Waals surface area contributed by atoms with Crippen LogP contribution < -0.4 is 11.3 Å². The Labute approximate surface area is 128 Å². The van der Waals surface area contributed by atoms with Gasteiger partial charge in [-0.1, -0.05) is 0 Å². The third-order valence-electron chi connectivity index (χ3n) is 3.43. The maximum absolute atomic E-state index is 11.9. The van der Waals surface area contributed by atoms with Crippen LogP contribution in [-0.2, 0) is 16.4 Å². The lowest BCUT2D eigenvalue weighted by molar-refractivity contribution is 0.0924. The first-order valence-electron chi connectivity index (χ1n) is 6.44. The van der Waals surface area contributed by atoms with Gasteiger partial charge in [0.25, 0.3) is 0 Å². The normalized spacial score (nSPS) is 20.4. The quantitative estimate of drug-likeness (QED) is 0.458. The molecular formula is C12H19N3O4S2. The summed E-state index contributed by atoms with van der Waals surface area (Å²) in [6, 6.07) is 1.61. The largest absolute Gasteiger partial charge is 0.456 e. The average molecular weight is 333 g/mol. The van der Waals surface area contributed by atoms with Gasteiger partial charge < -0.3 is 4.42 Å². The average Bonchev–Trinajstić information content (AvgIpc) is 2.79. The van der Waals surface area contributed by atoms with E-state index in [-0.39, 0.29) is 5.76 Å². The maximum Gasteiger partial charge on any atom is 0.300 e. The summed E-state index contributed by atoms with van der Waals surface area (Å²) in [5.41, 5.74) is 2.81. The molecule has 7 nitrogen and oxygen atoms in total. The van der Waals surface area contributed by atoms with E-state index >= 15 is 0 Å². The van der Waals surface area contributed by atoms with Crippen molar-refractivity contribution in [3.05, 3.63) is 23.2 Å². The molecule has 1 atom stereocenters. The summed E-state index contributed by atoms with van der Waals surface area (Å²) in [5.74, 6) is 6.75. The van der Waals surface area contributed by atoms with E-state index in [2.05, 4.69) is 0 Å². The van der Waals surface area contributed by atoms with Gasteiger partial charge >= 0.3 is 5.91 Å². The molecule has 0 aliphatic carbocycles. The van der Waals surface area contributed by atoms with Gasteiger partial charge in [0.15, 0.2) is 15.6 Å². The minimum atomic E-state index is -3.15. The van der Waals surface area contributed by atoms with Crippen LogP contribution in [0.1, 0.15) is 21.9 Å². The molecule has 1 aromatic rings. The predicted octanol–water partition coefficient (Wildman–Crippen LogP) is 0.111. The van der Waals surface area contributed by atoms with Crippen LogP contribution in [0.2, 0.25) is 0 Å². The van der Waals surface area contributed by atoms with Crippen LogP contribution in [0.3, 0.4) is 0 Å². The third-order valence-corrected chi connectivity index (χ3v) is 6.12. The molecule has 1 amide bonds. The third kappa shape index (κ3) is 3.79. The number of nitrogen functional groups attached to an aromatic ring is 1. The molecule has 3 N–H and O–H groups in total. The highest BCUT2D eigenvalue weighted by Crippen LogP contribution is 2.24. The zero-order valence-electron chi connectivity index (χ0n) is 12.0. The summed E-state index contributed by atoms with van der Waals surface area (Å²) in [6.45, 7) is 2.87. The van der Waals surface area contributed by atoms with Gasteiger partial charge in [-0.2, -0.15) is 11.8 Å². The SMILES string of the molecule is Cc1oc(C(=O)NN)cc1CN1CCSCC1S(C)(=O)=O. The lowest BCUT2D eigenvalue weighted by Gasteiger charge is -2.33. The zero-order valence-corrected chi connectivity index (χ0v) is 13.6. The second-order valence-corrected chi connectivity index (χ2v) is 8.35.